The molecule has 0 unspecified atom stereocenters. The number of hydrogen-bond donors (Lipinski definition) is 1. The average Bonchev–Trinajstić information content (AvgIpc) is 2.45. The van der Waals surface area contributed by atoms with Crippen molar-refractivity contribution in [2.45, 2.75) is 12.6 Å². The van der Waals surface area contributed by atoms with E-state index in [2.05, 4.69) is 10.2 Å². The SMILES string of the molecule is O=S(=O)(Cl)CCc1cc(C(F)(F)F)n[nH]1. The molecule has 1 aromatic rings. The number of hydrogen-bond acceptors (Lipinski definition) is 3. The molecule has 0 aromatic carbocycles. The minimum absolute atomic E-state index is 0.0755. The van der Waals surface area contributed by atoms with Crippen LogP contribution in [0.2, 0.25) is 0 Å². The van der Waals surface area contributed by atoms with Gasteiger partial charge in [0.15, 0.2) is 5.69 Å². The van der Waals surface area contributed by atoms with E-state index in [1.807, 2.05) is 0 Å². The summed E-state index contributed by atoms with van der Waals surface area (Å²) in [6.45, 7) is 0. The average molecular weight is 263 g/mol. The molecule has 0 aliphatic heterocycles. The van der Waals surface area contributed by atoms with Gasteiger partial charge >= 0.3 is 6.18 Å². The van der Waals surface area contributed by atoms with Gasteiger partial charge in [-0.25, -0.2) is 8.42 Å². The van der Waals surface area contributed by atoms with E-state index in [1.54, 1.807) is 0 Å². The van der Waals surface area contributed by atoms with Gasteiger partial charge in [0.2, 0.25) is 9.05 Å². The number of nitrogens with one attached hydrogen (secondary N) is 1. The molecule has 0 fully saturated rings. The number of aromatic amines is 1. The van der Waals surface area contributed by atoms with Crippen LogP contribution in [0.5, 0.6) is 0 Å². The fraction of sp³-hybridized carbons (Fsp3) is 0.500. The highest BCUT2D eigenvalue weighted by molar-refractivity contribution is 8.13. The van der Waals surface area contributed by atoms with E-state index in [0.717, 1.165) is 6.07 Å². The highest BCUT2D eigenvalue weighted by atomic mass is 35.7. The number of H-pyrrole nitrogens is 1. The topological polar surface area (TPSA) is 62.8 Å². The van der Waals surface area contributed by atoms with Crippen LogP contribution in [0, 0.1) is 0 Å². The Morgan fingerprint density at radius 2 is 2.07 bits per heavy atom. The zero-order chi connectivity index (χ0) is 11.7. The van der Waals surface area contributed by atoms with Gasteiger partial charge in [0.1, 0.15) is 0 Å². The Morgan fingerprint density at radius 3 is 2.47 bits per heavy atom. The lowest BCUT2D eigenvalue weighted by Crippen LogP contribution is -2.04. The summed E-state index contributed by atoms with van der Waals surface area (Å²) in [6.07, 6.45) is -4.66. The van der Waals surface area contributed by atoms with E-state index in [4.69, 9.17) is 10.7 Å². The van der Waals surface area contributed by atoms with Crippen molar-refractivity contribution < 1.29 is 21.6 Å². The molecule has 0 amide bonds. The molecule has 4 nitrogen and oxygen atoms in total. The number of aromatic nitrogens is 2. The predicted octanol–water partition coefficient (Wildman–Crippen LogP) is 1.54. The second kappa shape index (κ2) is 4.01. The third-order valence-corrected chi connectivity index (χ3v) is 2.69. The minimum atomic E-state index is -4.53. The van der Waals surface area contributed by atoms with E-state index in [0.29, 0.717) is 0 Å². The molecular formula is C6H6ClF3N2O2S. The molecule has 9 heteroatoms. The maximum absolute atomic E-state index is 12.0. The molecule has 1 heterocycles. The largest absolute Gasteiger partial charge is 0.435 e. The van der Waals surface area contributed by atoms with Gasteiger partial charge in [-0.1, -0.05) is 0 Å². The molecule has 0 atom stereocenters. The number of aryl methyl sites for hydroxylation is 1. The summed E-state index contributed by atoms with van der Waals surface area (Å²) in [7, 11) is 1.19. The van der Waals surface area contributed by atoms with Gasteiger partial charge in [-0.3, -0.25) is 5.10 Å². The van der Waals surface area contributed by atoms with Gasteiger partial charge in [-0.2, -0.15) is 18.3 Å². The van der Waals surface area contributed by atoms with Gasteiger partial charge < -0.3 is 0 Å². The van der Waals surface area contributed by atoms with Crippen LogP contribution in [0.3, 0.4) is 0 Å². The van der Waals surface area contributed by atoms with Crippen molar-refractivity contribution in [2.75, 3.05) is 5.75 Å². The summed E-state index contributed by atoms with van der Waals surface area (Å²) in [5.41, 5.74) is -1.00. The van der Waals surface area contributed by atoms with Crippen molar-refractivity contribution in [3.8, 4) is 0 Å². The van der Waals surface area contributed by atoms with Gasteiger partial charge in [-0.15, -0.1) is 0 Å². The third kappa shape index (κ3) is 4.08. The van der Waals surface area contributed by atoms with Gasteiger partial charge in [0.25, 0.3) is 0 Å². The number of rotatable bonds is 3. The quantitative estimate of drug-likeness (QED) is 0.841. The maximum atomic E-state index is 12.0. The Balaban J connectivity index is 2.70. The van der Waals surface area contributed by atoms with Crippen molar-refractivity contribution in [2.24, 2.45) is 0 Å². The van der Waals surface area contributed by atoms with Crippen LogP contribution in [0.1, 0.15) is 11.4 Å². The molecule has 0 saturated heterocycles. The molecule has 0 aliphatic carbocycles. The normalized spacial score (nSPS) is 13.1. The molecule has 1 N–H and O–H groups in total. The van der Waals surface area contributed by atoms with Crippen molar-refractivity contribution in [3.05, 3.63) is 17.5 Å². The molecule has 0 aliphatic rings. The molecule has 1 aromatic heterocycles. The van der Waals surface area contributed by atoms with Crippen LogP contribution >= 0.6 is 10.7 Å². The van der Waals surface area contributed by atoms with E-state index in [-0.39, 0.29) is 12.1 Å². The van der Waals surface area contributed by atoms with Crippen LogP contribution in [0.15, 0.2) is 6.07 Å². The summed E-state index contributed by atoms with van der Waals surface area (Å²) in [4.78, 5) is 0. The first-order valence-electron chi connectivity index (χ1n) is 3.72. The van der Waals surface area contributed by atoms with Crippen LogP contribution in [0.25, 0.3) is 0 Å². The first-order valence-corrected chi connectivity index (χ1v) is 6.20. The standard InChI is InChI=1S/C6H6ClF3N2O2S/c7-15(13,14)2-1-4-3-5(12-11-4)6(8,9)10/h3H,1-2H2,(H,11,12). The highest BCUT2D eigenvalue weighted by Crippen LogP contribution is 2.27. The summed E-state index contributed by atoms with van der Waals surface area (Å²) < 4.78 is 57.2. The molecule has 0 spiro atoms. The molecule has 1 rings (SSSR count). The van der Waals surface area contributed by atoms with Crippen LogP contribution < -0.4 is 0 Å². The molecule has 0 saturated carbocycles. The second-order valence-corrected chi connectivity index (χ2v) is 5.67. The second-order valence-electron chi connectivity index (χ2n) is 2.77. The molecule has 0 bridgehead atoms. The van der Waals surface area contributed by atoms with Crippen molar-refractivity contribution in [3.63, 3.8) is 0 Å². The lowest BCUT2D eigenvalue weighted by Gasteiger charge is -1.98. The van der Waals surface area contributed by atoms with Crippen LogP contribution in [0.4, 0.5) is 13.2 Å². The van der Waals surface area contributed by atoms with Gasteiger partial charge in [0, 0.05) is 22.8 Å². The van der Waals surface area contributed by atoms with Crippen molar-refractivity contribution in [1.29, 1.82) is 0 Å². The van der Waals surface area contributed by atoms with Gasteiger partial charge in [0.05, 0.1) is 5.75 Å². The summed E-state index contributed by atoms with van der Waals surface area (Å²) in [6, 6.07) is 0.752. The van der Waals surface area contributed by atoms with E-state index in [9.17, 15) is 21.6 Å². The highest BCUT2D eigenvalue weighted by Gasteiger charge is 2.33. The van der Waals surface area contributed by atoms with E-state index >= 15 is 0 Å². The Labute approximate surface area is 87.9 Å². The van der Waals surface area contributed by atoms with Gasteiger partial charge in [-0.05, 0) is 6.07 Å². The zero-order valence-electron chi connectivity index (χ0n) is 7.18. The summed E-state index contributed by atoms with van der Waals surface area (Å²) in [5.74, 6) is -0.436. The fourth-order valence-corrected chi connectivity index (χ4v) is 1.56. The van der Waals surface area contributed by atoms with Crippen LogP contribution in [-0.2, 0) is 21.6 Å². The number of alkyl halides is 3. The Morgan fingerprint density at radius 1 is 1.47 bits per heavy atom. The zero-order valence-corrected chi connectivity index (χ0v) is 8.75. The first-order chi connectivity index (χ1) is 6.68. The molecule has 86 valence electrons. The first kappa shape index (κ1) is 12.3. The summed E-state index contributed by atoms with van der Waals surface area (Å²) in [5, 5.41) is 5.09. The molecular weight excluding hydrogens is 257 g/mol. The molecule has 15 heavy (non-hydrogen) atoms. The fourth-order valence-electron chi connectivity index (χ4n) is 0.867. The Kier molecular flexibility index (Phi) is 3.29. The Bertz CT molecular complexity index is 439. The Hall–Kier alpha value is -0.760. The lowest BCUT2D eigenvalue weighted by atomic mass is 10.3. The van der Waals surface area contributed by atoms with Crippen molar-refractivity contribution in [1.82, 2.24) is 10.2 Å². The third-order valence-electron chi connectivity index (χ3n) is 1.54. The monoisotopic (exact) mass is 262 g/mol. The van der Waals surface area contributed by atoms with Crippen LogP contribution in [-0.4, -0.2) is 24.4 Å². The maximum Gasteiger partial charge on any atom is 0.435 e. The lowest BCUT2D eigenvalue weighted by molar-refractivity contribution is -0.141. The van der Waals surface area contributed by atoms with E-state index < -0.39 is 26.7 Å². The number of nitrogens with zero attached hydrogens (tertiary/aromatic N) is 1. The smallest absolute Gasteiger partial charge is 0.282 e. The van der Waals surface area contributed by atoms with E-state index in [1.165, 1.54) is 0 Å². The molecule has 0 radical (unpaired) electrons. The predicted molar refractivity (Wildman–Crippen MR) is 46.9 cm³/mol. The summed E-state index contributed by atoms with van der Waals surface area (Å²) >= 11 is 0. The number of halogens is 4. The van der Waals surface area contributed by atoms with Crippen molar-refractivity contribution >= 4 is 19.7 Å². The minimum Gasteiger partial charge on any atom is -0.282 e.